The van der Waals surface area contributed by atoms with Gasteiger partial charge in [-0.25, -0.2) is 0 Å². The van der Waals surface area contributed by atoms with Crippen LogP contribution in [0.1, 0.15) is 11.1 Å². The van der Waals surface area contributed by atoms with Gasteiger partial charge in [0.05, 0.1) is 0 Å². The Bertz CT molecular complexity index is 905. The molecule has 0 nitrogen and oxygen atoms in total. The predicted octanol–water partition coefficient (Wildman–Crippen LogP) is 6.91. The molecule has 0 saturated heterocycles. The zero-order chi connectivity index (χ0) is 15.4. The number of halogens is 2. The van der Waals surface area contributed by atoms with Crippen LogP contribution in [0.2, 0.25) is 0 Å². The maximum atomic E-state index is 6.25. The van der Waals surface area contributed by atoms with Crippen molar-refractivity contribution in [1.82, 2.24) is 0 Å². The van der Waals surface area contributed by atoms with Gasteiger partial charge in [0.2, 0.25) is 0 Å². The standard InChI is InChI=1S/C20H12Cl2/c1-11(21)14-9-10-15(12(2)22)20-17-8-4-6-13-5-3-7-16(18(13)17)19(14)20/h3-10H,1-2H2. The normalized spacial score (nSPS) is 11.5. The van der Waals surface area contributed by atoms with Gasteiger partial charge in [-0.3, -0.25) is 0 Å². The first-order valence-electron chi connectivity index (χ1n) is 6.98. The van der Waals surface area contributed by atoms with Crippen molar-refractivity contribution in [3.05, 3.63) is 72.8 Å². The van der Waals surface area contributed by atoms with E-state index in [0.29, 0.717) is 10.1 Å². The van der Waals surface area contributed by atoms with E-state index in [0.717, 1.165) is 22.3 Å². The van der Waals surface area contributed by atoms with Crippen LogP contribution in [0.3, 0.4) is 0 Å². The molecule has 0 aliphatic heterocycles. The Hall–Kier alpha value is -2.02. The molecular formula is C20H12Cl2. The minimum atomic E-state index is 0.535. The number of hydrogen-bond acceptors (Lipinski definition) is 0. The largest absolute Gasteiger partial charge is 0.0843 e. The van der Waals surface area contributed by atoms with Crippen LogP contribution in [0.25, 0.3) is 43.1 Å². The zero-order valence-electron chi connectivity index (χ0n) is 11.8. The van der Waals surface area contributed by atoms with Crippen molar-refractivity contribution in [3.8, 4) is 22.3 Å². The zero-order valence-corrected chi connectivity index (χ0v) is 13.3. The fraction of sp³-hybridized carbons (Fsp3) is 0. The van der Waals surface area contributed by atoms with Gasteiger partial charge >= 0.3 is 0 Å². The average molecular weight is 323 g/mol. The summed E-state index contributed by atoms with van der Waals surface area (Å²) >= 11 is 12.5. The summed E-state index contributed by atoms with van der Waals surface area (Å²) in [6, 6.07) is 16.6. The molecule has 1 aliphatic rings. The van der Waals surface area contributed by atoms with Gasteiger partial charge in [0.15, 0.2) is 0 Å². The number of hydrogen-bond donors (Lipinski definition) is 0. The van der Waals surface area contributed by atoms with Crippen LogP contribution in [0, 0.1) is 0 Å². The van der Waals surface area contributed by atoms with Crippen LogP contribution >= 0.6 is 23.2 Å². The lowest BCUT2D eigenvalue weighted by Gasteiger charge is -2.13. The third kappa shape index (κ3) is 1.71. The molecule has 0 saturated carbocycles. The van der Waals surface area contributed by atoms with Gasteiger partial charge in [-0.1, -0.05) is 84.9 Å². The first-order valence-corrected chi connectivity index (χ1v) is 7.74. The first-order chi connectivity index (χ1) is 10.6. The first kappa shape index (κ1) is 13.6. The molecule has 0 heterocycles. The summed E-state index contributed by atoms with van der Waals surface area (Å²) in [6.45, 7) is 7.83. The molecule has 3 aromatic rings. The summed E-state index contributed by atoms with van der Waals surface area (Å²) in [6.07, 6.45) is 0. The second kappa shape index (κ2) is 4.74. The number of benzene rings is 3. The highest BCUT2D eigenvalue weighted by Gasteiger charge is 2.27. The minimum Gasteiger partial charge on any atom is -0.0843 e. The van der Waals surface area contributed by atoms with E-state index in [9.17, 15) is 0 Å². The second-order valence-corrected chi connectivity index (χ2v) is 6.34. The van der Waals surface area contributed by atoms with Gasteiger partial charge in [-0.05, 0) is 33.0 Å². The Morgan fingerprint density at radius 1 is 0.682 bits per heavy atom. The van der Waals surface area contributed by atoms with Gasteiger partial charge < -0.3 is 0 Å². The summed E-state index contributed by atoms with van der Waals surface area (Å²) in [7, 11) is 0. The Labute approximate surface area is 139 Å². The molecule has 1 aliphatic carbocycles. The molecule has 0 atom stereocenters. The van der Waals surface area contributed by atoms with Crippen molar-refractivity contribution in [3.63, 3.8) is 0 Å². The molecule has 0 unspecified atom stereocenters. The van der Waals surface area contributed by atoms with Crippen LogP contribution in [0.4, 0.5) is 0 Å². The molecule has 0 amide bonds. The number of rotatable bonds is 2. The van der Waals surface area contributed by atoms with E-state index in [2.05, 4.69) is 49.6 Å². The highest BCUT2D eigenvalue weighted by molar-refractivity contribution is 6.50. The second-order valence-electron chi connectivity index (χ2n) is 5.43. The van der Waals surface area contributed by atoms with Crippen molar-refractivity contribution < 1.29 is 0 Å². The van der Waals surface area contributed by atoms with E-state index < -0.39 is 0 Å². The predicted molar refractivity (Wildman–Crippen MR) is 98.2 cm³/mol. The van der Waals surface area contributed by atoms with Gasteiger partial charge in [-0.15, -0.1) is 0 Å². The minimum absolute atomic E-state index is 0.535. The summed E-state index contributed by atoms with van der Waals surface area (Å²) in [5.74, 6) is 0. The van der Waals surface area contributed by atoms with Crippen molar-refractivity contribution >= 4 is 44.0 Å². The molecule has 2 heteroatoms. The maximum absolute atomic E-state index is 6.25. The van der Waals surface area contributed by atoms with Gasteiger partial charge in [0.25, 0.3) is 0 Å². The monoisotopic (exact) mass is 322 g/mol. The molecule has 0 bridgehead atoms. The number of fused-ring (bicyclic) bond motifs is 3. The van der Waals surface area contributed by atoms with Crippen molar-refractivity contribution in [2.75, 3.05) is 0 Å². The molecule has 0 fully saturated rings. The van der Waals surface area contributed by atoms with E-state index in [1.165, 1.54) is 21.9 Å². The molecule has 0 spiro atoms. The SMILES string of the molecule is C=C(Cl)c1ccc(C(=C)Cl)c2c1-c1cccc3cccc-2c13. The highest BCUT2D eigenvalue weighted by Crippen LogP contribution is 2.52. The Morgan fingerprint density at radius 2 is 1.14 bits per heavy atom. The lowest BCUT2D eigenvalue weighted by atomic mass is 9.93. The fourth-order valence-electron chi connectivity index (χ4n) is 3.37. The summed E-state index contributed by atoms with van der Waals surface area (Å²) < 4.78 is 0. The summed E-state index contributed by atoms with van der Waals surface area (Å²) in [5.41, 5.74) is 6.46. The van der Waals surface area contributed by atoms with Crippen LogP contribution in [0.5, 0.6) is 0 Å². The fourth-order valence-corrected chi connectivity index (χ4v) is 3.69. The van der Waals surface area contributed by atoms with Crippen molar-refractivity contribution in [2.45, 2.75) is 0 Å². The lowest BCUT2D eigenvalue weighted by Crippen LogP contribution is -1.90. The molecule has 0 aromatic heterocycles. The van der Waals surface area contributed by atoms with Gasteiger partial charge in [-0.2, -0.15) is 0 Å². The third-order valence-corrected chi connectivity index (χ3v) is 4.64. The highest BCUT2D eigenvalue weighted by atomic mass is 35.5. The van der Waals surface area contributed by atoms with Crippen LogP contribution in [-0.2, 0) is 0 Å². The maximum Gasteiger partial charge on any atom is 0.0413 e. The Balaban J connectivity index is 2.26. The lowest BCUT2D eigenvalue weighted by molar-refractivity contribution is 1.61. The molecular weight excluding hydrogens is 311 g/mol. The summed E-state index contributed by atoms with van der Waals surface area (Å²) in [4.78, 5) is 0. The summed E-state index contributed by atoms with van der Waals surface area (Å²) in [5, 5.41) is 3.52. The van der Waals surface area contributed by atoms with E-state index in [1.54, 1.807) is 0 Å². The van der Waals surface area contributed by atoms with E-state index >= 15 is 0 Å². The van der Waals surface area contributed by atoms with E-state index in [1.807, 2.05) is 12.1 Å². The van der Waals surface area contributed by atoms with Crippen LogP contribution in [0.15, 0.2) is 61.7 Å². The van der Waals surface area contributed by atoms with Crippen LogP contribution in [-0.4, -0.2) is 0 Å². The quantitative estimate of drug-likeness (QED) is 0.376. The van der Waals surface area contributed by atoms with Gasteiger partial charge in [0.1, 0.15) is 0 Å². The Morgan fingerprint density at radius 3 is 1.55 bits per heavy atom. The van der Waals surface area contributed by atoms with Crippen molar-refractivity contribution in [1.29, 1.82) is 0 Å². The molecule has 3 aromatic carbocycles. The molecule has 22 heavy (non-hydrogen) atoms. The molecule has 0 N–H and O–H groups in total. The molecule has 0 radical (unpaired) electrons. The van der Waals surface area contributed by atoms with Crippen LogP contribution < -0.4 is 0 Å². The van der Waals surface area contributed by atoms with E-state index in [-0.39, 0.29) is 0 Å². The molecule has 4 rings (SSSR count). The van der Waals surface area contributed by atoms with Crippen molar-refractivity contribution in [2.24, 2.45) is 0 Å². The third-order valence-electron chi connectivity index (χ3n) is 4.23. The van der Waals surface area contributed by atoms with Gasteiger partial charge in [0, 0.05) is 21.2 Å². The molecule has 106 valence electrons. The topological polar surface area (TPSA) is 0 Å². The average Bonchev–Trinajstić information content (AvgIpc) is 2.84. The smallest absolute Gasteiger partial charge is 0.0413 e. The Kier molecular flexibility index (Phi) is 2.94. The van der Waals surface area contributed by atoms with E-state index in [4.69, 9.17) is 23.2 Å².